The lowest BCUT2D eigenvalue weighted by molar-refractivity contribution is 0.220. The number of nitrogens with zero attached hydrogens (tertiary/aromatic N) is 3. The highest BCUT2D eigenvalue weighted by Gasteiger charge is 2.29. The zero-order valence-corrected chi connectivity index (χ0v) is 16.9. The van der Waals surface area contributed by atoms with Crippen molar-refractivity contribution in [2.75, 3.05) is 25.0 Å². The molecule has 2 amide bonds. The van der Waals surface area contributed by atoms with Crippen LogP contribution in [-0.2, 0) is 13.0 Å². The van der Waals surface area contributed by atoms with Gasteiger partial charge in [0.2, 0.25) is 0 Å². The highest BCUT2D eigenvalue weighted by atomic mass is 16.5. The maximum absolute atomic E-state index is 12.7. The normalized spacial score (nSPS) is 19.1. The summed E-state index contributed by atoms with van der Waals surface area (Å²) in [4.78, 5) is 19.3. The molecule has 6 heteroatoms. The average Bonchev–Trinajstić information content (AvgIpc) is 3.29. The van der Waals surface area contributed by atoms with Gasteiger partial charge in [0, 0.05) is 37.9 Å². The zero-order chi connectivity index (χ0) is 19.5. The Bertz CT molecular complexity index is 828. The van der Waals surface area contributed by atoms with Gasteiger partial charge in [0.25, 0.3) is 0 Å². The molecule has 0 spiro atoms. The lowest BCUT2D eigenvalue weighted by Crippen LogP contribution is -2.33. The van der Waals surface area contributed by atoms with Crippen LogP contribution in [0.3, 0.4) is 0 Å². The van der Waals surface area contributed by atoms with Crippen LogP contribution in [0.25, 0.3) is 0 Å². The second-order valence-corrected chi connectivity index (χ2v) is 8.03. The summed E-state index contributed by atoms with van der Waals surface area (Å²) in [5.74, 6) is 3.19. The number of urea groups is 1. The first-order valence-corrected chi connectivity index (χ1v) is 10.4. The maximum Gasteiger partial charge on any atom is 0.321 e. The number of aryl methyl sites for hydroxylation is 1. The van der Waals surface area contributed by atoms with Gasteiger partial charge in [0.15, 0.2) is 0 Å². The Balaban J connectivity index is 1.35. The number of anilines is 1. The number of hydrogen-bond acceptors (Lipinski definition) is 3. The van der Waals surface area contributed by atoms with E-state index in [1.165, 1.54) is 24.4 Å². The molecule has 1 N–H and O–H groups in total. The highest BCUT2D eigenvalue weighted by Crippen LogP contribution is 2.32. The summed E-state index contributed by atoms with van der Waals surface area (Å²) in [6, 6.07) is 7.54. The number of benzene rings is 1. The molecule has 0 bridgehead atoms. The van der Waals surface area contributed by atoms with E-state index in [1.54, 1.807) is 0 Å². The van der Waals surface area contributed by atoms with E-state index in [0.29, 0.717) is 18.3 Å². The second kappa shape index (κ2) is 8.25. The molecule has 1 atom stereocenters. The van der Waals surface area contributed by atoms with Crippen LogP contribution in [0.15, 0.2) is 30.5 Å². The molecule has 1 aliphatic heterocycles. The largest absolute Gasteiger partial charge is 0.492 e. The minimum Gasteiger partial charge on any atom is -0.492 e. The summed E-state index contributed by atoms with van der Waals surface area (Å²) < 4.78 is 8.00. The minimum absolute atomic E-state index is 0.0489. The third kappa shape index (κ3) is 4.32. The SMILES string of the molecule is CCOc1ccccc1NC(=O)N1CCC(Cc2ncc(C)n2CC2CC2)C1. The van der Waals surface area contributed by atoms with E-state index in [2.05, 4.69) is 21.8 Å². The van der Waals surface area contributed by atoms with E-state index in [4.69, 9.17) is 4.74 Å². The molecule has 1 aromatic carbocycles. The van der Waals surface area contributed by atoms with Crippen molar-refractivity contribution in [3.05, 3.63) is 42.0 Å². The van der Waals surface area contributed by atoms with Crippen molar-refractivity contribution in [1.29, 1.82) is 0 Å². The number of hydrogen-bond donors (Lipinski definition) is 1. The van der Waals surface area contributed by atoms with E-state index in [1.807, 2.05) is 42.3 Å². The van der Waals surface area contributed by atoms with Crippen molar-refractivity contribution in [1.82, 2.24) is 14.5 Å². The summed E-state index contributed by atoms with van der Waals surface area (Å²) in [5, 5.41) is 3.01. The Hall–Kier alpha value is -2.50. The van der Waals surface area contributed by atoms with Crippen LogP contribution in [0.1, 0.15) is 37.7 Å². The second-order valence-electron chi connectivity index (χ2n) is 8.03. The van der Waals surface area contributed by atoms with Gasteiger partial charge in [-0.15, -0.1) is 0 Å². The van der Waals surface area contributed by atoms with Crippen molar-refractivity contribution in [2.24, 2.45) is 11.8 Å². The van der Waals surface area contributed by atoms with Gasteiger partial charge in [-0.3, -0.25) is 0 Å². The van der Waals surface area contributed by atoms with Crippen LogP contribution in [0.5, 0.6) is 5.75 Å². The fourth-order valence-electron chi connectivity index (χ4n) is 3.97. The van der Waals surface area contributed by atoms with Gasteiger partial charge in [-0.2, -0.15) is 0 Å². The molecule has 1 aliphatic carbocycles. The minimum atomic E-state index is -0.0489. The fourth-order valence-corrected chi connectivity index (χ4v) is 3.97. The van der Waals surface area contributed by atoms with Crippen LogP contribution in [-0.4, -0.2) is 40.2 Å². The van der Waals surface area contributed by atoms with E-state index >= 15 is 0 Å². The fraction of sp³-hybridized carbons (Fsp3) is 0.545. The van der Waals surface area contributed by atoms with Crippen LogP contribution in [0.4, 0.5) is 10.5 Å². The monoisotopic (exact) mass is 382 g/mol. The van der Waals surface area contributed by atoms with Gasteiger partial charge in [0.05, 0.1) is 12.3 Å². The quantitative estimate of drug-likeness (QED) is 0.784. The van der Waals surface area contributed by atoms with Crippen LogP contribution < -0.4 is 10.1 Å². The summed E-state index contributed by atoms with van der Waals surface area (Å²) >= 11 is 0. The number of aromatic nitrogens is 2. The first kappa shape index (κ1) is 18.8. The van der Waals surface area contributed by atoms with Crippen molar-refractivity contribution < 1.29 is 9.53 Å². The summed E-state index contributed by atoms with van der Waals surface area (Å²) in [7, 11) is 0. The molecular weight excluding hydrogens is 352 g/mol. The summed E-state index contributed by atoms with van der Waals surface area (Å²) in [6.07, 6.45) is 6.65. The third-order valence-electron chi connectivity index (χ3n) is 5.75. The molecule has 1 saturated carbocycles. The molecule has 2 aliphatic rings. The predicted molar refractivity (Wildman–Crippen MR) is 110 cm³/mol. The topological polar surface area (TPSA) is 59.4 Å². The van der Waals surface area contributed by atoms with Crippen molar-refractivity contribution in [3.63, 3.8) is 0 Å². The van der Waals surface area contributed by atoms with Gasteiger partial charge in [-0.1, -0.05) is 12.1 Å². The molecule has 1 saturated heterocycles. The van der Waals surface area contributed by atoms with Gasteiger partial charge >= 0.3 is 6.03 Å². The number of amides is 2. The van der Waals surface area contributed by atoms with Crippen LogP contribution in [0.2, 0.25) is 0 Å². The molecule has 6 nitrogen and oxygen atoms in total. The Morgan fingerprint density at radius 1 is 1.25 bits per heavy atom. The summed E-state index contributed by atoms with van der Waals surface area (Å²) in [5.41, 5.74) is 1.98. The number of likely N-dealkylation sites (tertiary alicyclic amines) is 1. The Labute approximate surface area is 166 Å². The maximum atomic E-state index is 12.7. The van der Waals surface area contributed by atoms with Gasteiger partial charge in [0.1, 0.15) is 11.6 Å². The molecular formula is C22H30N4O2. The molecule has 150 valence electrons. The van der Waals surface area contributed by atoms with Gasteiger partial charge in [-0.25, -0.2) is 9.78 Å². The molecule has 4 rings (SSSR count). The Kier molecular flexibility index (Phi) is 5.55. The highest BCUT2D eigenvalue weighted by molar-refractivity contribution is 5.91. The van der Waals surface area contributed by atoms with E-state index in [9.17, 15) is 4.79 Å². The Morgan fingerprint density at radius 2 is 2.07 bits per heavy atom. The number of carbonyl (C=O) groups excluding carboxylic acids is 1. The van der Waals surface area contributed by atoms with Crippen molar-refractivity contribution >= 4 is 11.7 Å². The first-order valence-electron chi connectivity index (χ1n) is 10.4. The smallest absolute Gasteiger partial charge is 0.321 e. The number of para-hydroxylation sites is 2. The molecule has 0 radical (unpaired) electrons. The zero-order valence-electron chi connectivity index (χ0n) is 16.9. The van der Waals surface area contributed by atoms with Gasteiger partial charge < -0.3 is 19.5 Å². The predicted octanol–water partition coefficient (Wildman–Crippen LogP) is 4.10. The Morgan fingerprint density at radius 3 is 2.86 bits per heavy atom. The van der Waals surface area contributed by atoms with Crippen molar-refractivity contribution in [3.8, 4) is 5.75 Å². The number of carbonyl (C=O) groups is 1. The lowest BCUT2D eigenvalue weighted by Gasteiger charge is -2.19. The first-order chi connectivity index (χ1) is 13.6. The standard InChI is InChI=1S/C22H30N4O2/c1-3-28-20-7-5-4-6-19(20)24-22(27)25-11-10-18(14-25)12-21-23-13-16(2)26(21)15-17-8-9-17/h4-7,13,17-18H,3,8-12,14-15H2,1-2H3,(H,24,27). The summed E-state index contributed by atoms with van der Waals surface area (Å²) in [6.45, 7) is 7.33. The average molecular weight is 383 g/mol. The number of ether oxygens (including phenoxy) is 1. The van der Waals surface area contributed by atoms with E-state index < -0.39 is 0 Å². The van der Waals surface area contributed by atoms with Crippen molar-refractivity contribution in [2.45, 2.75) is 46.1 Å². The van der Waals surface area contributed by atoms with E-state index in [-0.39, 0.29) is 6.03 Å². The van der Waals surface area contributed by atoms with Crippen LogP contribution >= 0.6 is 0 Å². The third-order valence-corrected chi connectivity index (χ3v) is 5.75. The van der Waals surface area contributed by atoms with Crippen LogP contribution in [0, 0.1) is 18.8 Å². The molecule has 2 aromatic rings. The molecule has 28 heavy (non-hydrogen) atoms. The molecule has 2 heterocycles. The number of rotatable bonds is 7. The number of imidazole rings is 1. The van der Waals surface area contributed by atoms with E-state index in [0.717, 1.165) is 44.1 Å². The molecule has 1 aromatic heterocycles. The molecule has 1 unspecified atom stereocenters. The lowest BCUT2D eigenvalue weighted by atomic mass is 10.0. The number of nitrogens with one attached hydrogen (secondary N) is 1. The molecule has 2 fully saturated rings. The van der Waals surface area contributed by atoms with Gasteiger partial charge in [-0.05, 0) is 57.1 Å².